The van der Waals surface area contributed by atoms with E-state index in [-0.39, 0.29) is 11.4 Å². The summed E-state index contributed by atoms with van der Waals surface area (Å²) in [5.74, 6) is -7.33. The van der Waals surface area contributed by atoms with Crippen molar-refractivity contribution in [2.75, 3.05) is 49.2 Å². The molecule has 2 rings (SSSR count). The lowest BCUT2D eigenvalue weighted by atomic mass is 10.1. The molecule has 0 bridgehead atoms. The van der Waals surface area contributed by atoms with Crippen molar-refractivity contribution in [3.63, 3.8) is 0 Å². The Morgan fingerprint density at radius 2 is 0.857 bits per heavy atom. The first kappa shape index (κ1) is 33.3. The summed E-state index contributed by atoms with van der Waals surface area (Å²) in [5, 5.41) is 36.4. The zero-order valence-corrected chi connectivity index (χ0v) is 21.1. The summed E-state index contributed by atoms with van der Waals surface area (Å²) in [6, 6.07) is 3.61. The number of aliphatic carboxylic acids is 4. The number of anilines is 2. The summed E-state index contributed by atoms with van der Waals surface area (Å²) in [7, 11) is 0. The predicted octanol–water partition coefficient (Wildman–Crippen LogP) is 3.13. The third-order valence-electron chi connectivity index (χ3n) is 5.16. The van der Waals surface area contributed by atoms with Crippen molar-refractivity contribution >= 4 is 35.3 Å². The van der Waals surface area contributed by atoms with Gasteiger partial charge in [0.05, 0.1) is 22.5 Å². The molecule has 0 fully saturated rings. The molecule has 0 aliphatic rings. The van der Waals surface area contributed by atoms with Gasteiger partial charge in [0.25, 0.3) is 0 Å². The Labute approximate surface area is 231 Å². The van der Waals surface area contributed by atoms with Gasteiger partial charge in [0.1, 0.15) is 50.9 Å². The van der Waals surface area contributed by atoms with E-state index in [1.165, 1.54) is 0 Å². The number of carboxylic acids is 4. The van der Waals surface area contributed by atoms with Crippen LogP contribution in [-0.4, -0.2) is 83.7 Å². The predicted molar refractivity (Wildman–Crippen MR) is 129 cm³/mol. The number of benzene rings is 2. The van der Waals surface area contributed by atoms with Gasteiger partial charge in [-0.1, -0.05) is 0 Å². The van der Waals surface area contributed by atoms with Gasteiger partial charge in [-0.25, -0.2) is 0 Å². The number of rotatable bonds is 15. The largest absolute Gasteiger partial charge is 0.488 e. The zero-order valence-electron chi connectivity index (χ0n) is 21.1. The second-order valence-corrected chi connectivity index (χ2v) is 8.34. The molecule has 2 aromatic carbocycles. The molecular weight excluding hydrogens is 590 g/mol. The van der Waals surface area contributed by atoms with Crippen LogP contribution in [0.2, 0.25) is 0 Å². The highest BCUT2D eigenvalue weighted by Gasteiger charge is 2.33. The zero-order chi connectivity index (χ0) is 31.8. The van der Waals surface area contributed by atoms with E-state index in [1.54, 1.807) is 0 Å². The van der Waals surface area contributed by atoms with Crippen LogP contribution in [-0.2, 0) is 31.5 Å². The van der Waals surface area contributed by atoms with Crippen LogP contribution in [0.1, 0.15) is 11.1 Å². The second kappa shape index (κ2) is 13.6. The smallest absolute Gasteiger partial charge is 0.416 e. The number of alkyl halides is 6. The van der Waals surface area contributed by atoms with Crippen molar-refractivity contribution in [2.24, 2.45) is 0 Å². The van der Waals surface area contributed by atoms with Crippen LogP contribution >= 0.6 is 0 Å². The Kier molecular flexibility index (Phi) is 10.8. The molecule has 0 aliphatic heterocycles. The minimum atomic E-state index is -4.89. The normalized spacial score (nSPS) is 11.5. The summed E-state index contributed by atoms with van der Waals surface area (Å²) in [6.07, 6.45) is -9.77. The second-order valence-electron chi connectivity index (χ2n) is 8.34. The molecule has 0 radical (unpaired) electrons. The fraction of sp³-hybridized carbons (Fsp3) is 0.333. The number of ether oxygens (including phenoxy) is 2. The van der Waals surface area contributed by atoms with Crippen LogP contribution < -0.4 is 19.3 Å². The maximum Gasteiger partial charge on any atom is 0.416 e. The van der Waals surface area contributed by atoms with Crippen molar-refractivity contribution in [1.82, 2.24) is 0 Å². The summed E-state index contributed by atoms with van der Waals surface area (Å²) in [6.45, 7) is -5.14. The highest BCUT2D eigenvalue weighted by Crippen LogP contribution is 2.38. The Bertz CT molecular complexity index is 1180. The van der Waals surface area contributed by atoms with E-state index in [0.717, 1.165) is 12.1 Å². The van der Waals surface area contributed by atoms with Crippen molar-refractivity contribution in [3.8, 4) is 11.5 Å². The van der Waals surface area contributed by atoms with Crippen LogP contribution in [0.25, 0.3) is 0 Å². The molecule has 0 amide bonds. The van der Waals surface area contributed by atoms with Crippen LogP contribution in [0.5, 0.6) is 11.5 Å². The fourth-order valence-electron chi connectivity index (χ4n) is 3.54. The Morgan fingerprint density at radius 1 is 0.571 bits per heavy atom. The first-order chi connectivity index (χ1) is 19.4. The molecule has 0 unspecified atom stereocenters. The quantitative estimate of drug-likeness (QED) is 0.171. The number of halogens is 6. The molecule has 18 heteroatoms. The molecule has 0 saturated heterocycles. The van der Waals surface area contributed by atoms with Gasteiger partial charge in [-0.2, -0.15) is 26.3 Å². The molecule has 42 heavy (non-hydrogen) atoms. The standard InChI is InChI=1S/C24H22F6N2O10/c25-23(26,27)13-1-3-15(31(9-19(33)34)10-20(35)36)17(7-13)41-5-6-42-18-8-14(24(28,29)30)2-4-16(18)32(11-21(37)38)12-22(39)40/h1-4,7-8H,5-6,9-12H2,(H,33,34)(H,35,36)(H,37,38)(H,39,40)/i25+0,26+0,27+0,28+0,29+0,30+0. The van der Waals surface area contributed by atoms with Gasteiger partial charge in [-0.3, -0.25) is 19.2 Å². The third kappa shape index (κ3) is 9.93. The van der Waals surface area contributed by atoms with Crippen molar-refractivity contribution in [2.45, 2.75) is 12.4 Å². The van der Waals surface area contributed by atoms with E-state index in [4.69, 9.17) is 29.9 Å². The Hall–Kier alpha value is -4.90. The van der Waals surface area contributed by atoms with Crippen LogP contribution in [0.15, 0.2) is 36.4 Å². The summed E-state index contributed by atoms with van der Waals surface area (Å²) in [4.78, 5) is 46.2. The average molecular weight is 612 g/mol. The summed E-state index contributed by atoms with van der Waals surface area (Å²) in [5.41, 5.74) is -3.21. The molecule has 230 valence electrons. The first-order valence-electron chi connectivity index (χ1n) is 11.4. The van der Waals surface area contributed by atoms with Crippen molar-refractivity contribution in [3.05, 3.63) is 47.5 Å². The molecule has 12 nitrogen and oxygen atoms in total. The molecule has 0 atom stereocenters. The third-order valence-corrected chi connectivity index (χ3v) is 5.16. The minimum Gasteiger partial charge on any atom is -0.488 e. The number of carbonyl (C=O) groups is 4. The van der Waals surface area contributed by atoms with Gasteiger partial charge in [-0.15, -0.1) is 0 Å². The molecule has 4 N–H and O–H groups in total. The van der Waals surface area contributed by atoms with Crippen LogP contribution in [0.3, 0.4) is 0 Å². The van der Waals surface area contributed by atoms with E-state index >= 15 is 0 Å². The number of carboxylic acid groups (broad SMARTS) is 4. The molecular formula is C24H22F6N2O10. The van der Waals surface area contributed by atoms with E-state index in [0.29, 0.717) is 34.1 Å². The van der Waals surface area contributed by atoms with E-state index in [1.807, 2.05) is 0 Å². The van der Waals surface area contributed by atoms with Gasteiger partial charge in [0, 0.05) is 0 Å². The van der Waals surface area contributed by atoms with Gasteiger partial charge in [-0.05, 0) is 36.4 Å². The number of hydrogen-bond donors (Lipinski definition) is 4. The minimum absolute atomic E-state index is 0.360. The molecule has 0 saturated carbocycles. The lowest BCUT2D eigenvalue weighted by Gasteiger charge is -2.25. The monoisotopic (exact) mass is 612 g/mol. The van der Waals surface area contributed by atoms with Gasteiger partial charge in [0.2, 0.25) is 0 Å². The van der Waals surface area contributed by atoms with E-state index < -0.39 is 98.2 Å². The van der Waals surface area contributed by atoms with Crippen LogP contribution in [0, 0.1) is 0 Å². The van der Waals surface area contributed by atoms with E-state index in [2.05, 4.69) is 0 Å². The highest BCUT2D eigenvalue weighted by molar-refractivity contribution is 5.82. The summed E-state index contributed by atoms with van der Waals surface area (Å²) >= 11 is 0. The number of nitrogens with zero attached hydrogens (tertiary/aromatic N) is 2. The Morgan fingerprint density at radius 3 is 1.10 bits per heavy atom. The first-order valence-corrected chi connectivity index (χ1v) is 11.4. The SMILES string of the molecule is O=C(O)CN(CC(=O)O)c1ccc(C([19F])([19F])[19F])cc1OCCOc1cc(C([19F])([19F])[19F])ccc1N(CC(=O)O)CC(=O)O. The number of hydrogen-bond acceptors (Lipinski definition) is 8. The fourth-order valence-corrected chi connectivity index (χ4v) is 3.54. The molecule has 0 aliphatic carbocycles. The molecule has 0 aromatic heterocycles. The summed E-state index contributed by atoms with van der Waals surface area (Å²) < 4.78 is 90.4. The average Bonchev–Trinajstić information content (AvgIpc) is 2.83. The highest BCUT2D eigenvalue weighted by atomic mass is 19.4. The van der Waals surface area contributed by atoms with Gasteiger partial charge in [0.15, 0.2) is 0 Å². The molecule has 0 heterocycles. The van der Waals surface area contributed by atoms with Crippen molar-refractivity contribution < 1.29 is 75.4 Å². The topological polar surface area (TPSA) is 174 Å². The lowest BCUT2D eigenvalue weighted by molar-refractivity contribution is -0.138. The van der Waals surface area contributed by atoms with E-state index in [9.17, 15) is 45.5 Å². The molecule has 0 spiro atoms. The van der Waals surface area contributed by atoms with Gasteiger partial charge >= 0.3 is 36.2 Å². The molecule has 2 aromatic rings. The van der Waals surface area contributed by atoms with Crippen LogP contribution in [0.4, 0.5) is 37.7 Å². The Balaban J connectivity index is 2.40. The van der Waals surface area contributed by atoms with Gasteiger partial charge < -0.3 is 39.7 Å². The van der Waals surface area contributed by atoms with Crippen molar-refractivity contribution in [1.29, 1.82) is 0 Å². The lowest BCUT2D eigenvalue weighted by Crippen LogP contribution is -2.35. The maximum atomic E-state index is 13.3. The maximum absolute atomic E-state index is 13.3.